The maximum atomic E-state index is 5.36. The molecule has 0 aliphatic heterocycles. The molecule has 2 heteroatoms. The van der Waals surface area contributed by atoms with Gasteiger partial charge in [0.25, 0.3) is 0 Å². The second-order valence-corrected chi connectivity index (χ2v) is 5.21. The third-order valence-electron chi connectivity index (χ3n) is 3.70. The average Bonchev–Trinajstić information content (AvgIpc) is 2.72. The molecule has 0 spiro atoms. The molecule has 0 aromatic heterocycles. The van der Waals surface area contributed by atoms with Gasteiger partial charge in [-0.15, -0.1) is 6.42 Å². The van der Waals surface area contributed by atoms with Crippen molar-refractivity contribution < 1.29 is 4.74 Å². The Morgan fingerprint density at radius 1 is 1.11 bits per heavy atom. The summed E-state index contributed by atoms with van der Waals surface area (Å²) in [5.41, 5.74) is 1.30. The van der Waals surface area contributed by atoms with Crippen LogP contribution in [0.1, 0.15) is 44.1 Å². The summed E-state index contributed by atoms with van der Waals surface area (Å²) >= 11 is 0. The van der Waals surface area contributed by atoms with Gasteiger partial charge in [-0.1, -0.05) is 43.7 Å². The van der Waals surface area contributed by atoms with Crippen molar-refractivity contribution >= 4 is 0 Å². The van der Waals surface area contributed by atoms with Crippen LogP contribution in [0, 0.1) is 12.3 Å². The van der Waals surface area contributed by atoms with Crippen molar-refractivity contribution in [1.82, 2.24) is 5.32 Å². The van der Waals surface area contributed by atoms with Crippen LogP contribution in [0.25, 0.3) is 0 Å². The van der Waals surface area contributed by atoms with E-state index in [9.17, 15) is 0 Å². The van der Waals surface area contributed by atoms with Crippen LogP contribution >= 0.6 is 0 Å². The molecule has 1 fully saturated rings. The first-order valence-corrected chi connectivity index (χ1v) is 7.27. The van der Waals surface area contributed by atoms with Gasteiger partial charge in [-0.05, 0) is 30.5 Å². The molecule has 0 amide bonds. The zero-order chi connectivity index (χ0) is 13.3. The zero-order valence-corrected chi connectivity index (χ0v) is 11.5. The van der Waals surface area contributed by atoms with Crippen molar-refractivity contribution in [3.05, 3.63) is 29.8 Å². The summed E-state index contributed by atoms with van der Waals surface area (Å²) in [5, 5.41) is 3.67. The molecule has 1 aromatic rings. The topological polar surface area (TPSA) is 21.3 Å². The van der Waals surface area contributed by atoms with E-state index in [2.05, 4.69) is 23.4 Å². The van der Waals surface area contributed by atoms with Crippen LogP contribution in [0.5, 0.6) is 5.75 Å². The Hall–Kier alpha value is -1.46. The zero-order valence-electron chi connectivity index (χ0n) is 11.5. The fourth-order valence-corrected chi connectivity index (χ4v) is 2.57. The van der Waals surface area contributed by atoms with E-state index in [4.69, 9.17) is 11.2 Å². The predicted octanol–water partition coefficient (Wildman–Crippen LogP) is 3.51. The first-order chi connectivity index (χ1) is 9.38. The van der Waals surface area contributed by atoms with Crippen molar-refractivity contribution in [1.29, 1.82) is 0 Å². The number of nitrogens with one attached hydrogen (secondary N) is 1. The number of ether oxygens (including phenoxy) is 1. The smallest absolute Gasteiger partial charge is 0.148 e. The molecule has 0 saturated heterocycles. The quantitative estimate of drug-likeness (QED) is 0.644. The van der Waals surface area contributed by atoms with Gasteiger partial charge in [0.05, 0.1) is 0 Å². The number of benzene rings is 1. The van der Waals surface area contributed by atoms with Crippen LogP contribution in [0.4, 0.5) is 0 Å². The van der Waals surface area contributed by atoms with E-state index in [0.717, 1.165) is 12.3 Å². The Morgan fingerprint density at radius 2 is 1.79 bits per heavy atom. The van der Waals surface area contributed by atoms with Gasteiger partial charge >= 0.3 is 0 Å². The van der Waals surface area contributed by atoms with E-state index in [1.165, 1.54) is 44.1 Å². The summed E-state index contributed by atoms with van der Waals surface area (Å²) in [5.74, 6) is 3.31. The Morgan fingerprint density at radius 3 is 2.42 bits per heavy atom. The third kappa shape index (κ3) is 4.96. The van der Waals surface area contributed by atoms with Gasteiger partial charge in [0.2, 0.25) is 0 Å². The largest absolute Gasteiger partial charge is 0.481 e. The lowest BCUT2D eigenvalue weighted by atomic mass is 10.1. The monoisotopic (exact) mass is 257 g/mol. The minimum atomic E-state index is 0.333. The highest BCUT2D eigenvalue weighted by atomic mass is 16.5. The standard InChI is InChI=1S/C17H23NO/c1-2-13-19-17-11-9-15(10-12-17)14-18-16-7-5-3-4-6-8-16/h1,9-12,16,18H,3-8,13-14H2. The third-order valence-corrected chi connectivity index (χ3v) is 3.70. The fraction of sp³-hybridized carbons (Fsp3) is 0.529. The Balaban J connectivity index is 1.77. The molecule has 1 aliphatic rings. The first-order valence-electron chi connectivity index (χ1n) is 7.27. The molecular formula is C17H23NO. The number of hydrogen-bond acceptors (Lipinski definition) is 2. The summed E-state index contributed by atoms with van der Waals surface area (Å²) < 4.78 is 5.36. The Kier molecular flexibility index (Phi) is 5.78. The predicted molar refractivity (Wildman–Crippen MR) is 79.1 cm³/mol. The SMILES string of the molecule is C#CCOc1ccc(CNC2CCCCCC2)cc1. The molecule has 2 nitrogen and oxygen atoms in total. The van der Waals surface area contributed by atoms with E-state index < -0.39 is 0 Å². The van der Waals surface area contributed by atoms with E-state index in [1.54, 1.807) is 0 Å². The summed E-state index contributed by atoms with van der Waals surface area (Å²) in [6.07, 6.45) is 13.4. The number of terminal acetylenes is 1. The van der Waals surface area contributed by atoms with Crippen molar-refractivity contribution in [3.8, 4) is 18.1 Å². The number of rotatable bonds is 5. The summed E-state index contributed by atoms with van der Waals surface area (Å²) in [6, 6.07) is 8.88. The molecule has 102 valence electrons. The second kappa shape index (κ2) is 7.86. The van der Waals surface area contributed by atoms with Crippen LogP contribution in [-0.4, -0.2) is 12.6 Å². The van der Waals surface area contributed by atoms with Crippen LogP contribution in [0.2, 0.25) is 0 Å². The molecule has 19 heavy (non-hydrogen) atoms. The number of hydrogen-bond donors (Lipinski definition) is 1. The molecular weight excluding hydrogens is 234 g/mol. The van der Waals surface area contributed by atoms with Crippen molar-refractivity contribution in [2.45, 2.75) is 51.1 Å². The molecule has 1 aliphatic carbocycles. The maximum Gasteiger partial charge on any atom is 0.148 e. The molecule has 0 heterocycles. The fourth-order valence-electron chi connectivity index (χ4n) is 2.57. The first kappa shape index (κ1) is 14.0. The summed E-state index contributed by atoms with van der Waals surface area (Å²) in [6.45, 7) is 1.28. The maximum absolute atomic E-state index is 5.36. The highest BCUT2D eigenvalue weighted by Gasteiger charge is 2.11. The molecule has 1 aromatic carbocycles. The van der Waals surface area contributed by atoms with Gasteiger partial charge in [-0.3, -0.25) is 0 Å². The van der Waals surface area contributed by atoms with Gasteiger partial charge in [-0.25, -0.2) is 0 Å². The van der Waals surface area contributed by atoms with Crippen LogP contribution in [0.3, 0.4) is 0 Å². The van der Waals surface area contributed by atoms with Crippen LogP contribution in [0.15, 0.2) is 24.3 Å². The van der Waals surface area contributed by atoms with Crippen LogP contribution < -0.4 is 10.1 Å². The Bertz CT molecular complexity index is 396. The summed E-state index contributed by atoms with van der Waals surface area (Å²) in [4.78, 5) is 0. The second-order valence-electron chi connectivity index (χ2n) is 5.21. The molecule has 0 radical (unpaired) electrons. The van der Waals surface area contributed by atoms with Crippen LogP contribution in [-0.2, 0) is 6.54 Å². The minimum absolute atomic E-state index is 0.333. The van der Waals surface area contributed by atoms with E-state index in [-0.39, 0.29) is 0 Å². The van der Waals surface area contributed by atoms with E-state index >= 15 is 0 Å². The Labute approximate surface area is 116 Å². The molecule has 2 rings (SSSR count). The highest BCUT2D eigenvalue weighted by molar-refractivity contribution is 5.27. The van der Waals surface area contributed by atoms with Gasteiger partial charge < -0.3 is 10.1 Å². The molecule has 0 bridgehead atoms. The van der Waals surface area contributed by atoms with E-state index in [0.29, 0.717) is 12.6 Å². The molecule has 0 unspecified atom stereocenters. The molecule has 0 atom stereocenters. The van der Waals surface area contributed by atoms with E-state index in [1.807, 2.05) is 12.1 Å². The lowest BCUT2D eigenvalue weighted by Crippen LogP contribution is -2.27. The van der Waals surface area contributed by atoms with Gasteiger partial charge in [0, 0.05) is 12.6 Å². The lowest BCUT2D eigenvalue weighted by Gasteiger charge is -2.16. The molecule has 1 N–H and O–H groups in total. The van der Waals surface area contributed by atoms with Gasteiger partial charge in [0.1, 0.15) is 12.4 Å². The molecule has 1 saturated carbocycles. The average molecular weight is 257 g/mol. The normalized spacial score (nSPS) is 16.6. The summed E-state index contributed by atoms with van der Waals surface area (Å²) in [7, 11) is 0. The lowest BCUT2D eigenvalue weighted by molar-refractivity contribution is 0.370. The van der Waals surface area contributed by atoms with Crippen molar-refractivity contribution in [2.24, 2.45) is 0 Å². The van der Waals surface area contributed by atoms with Crippen molar-refractivity contribution in [3.63, 3.8) is 0 Å². The van der Waals surface area contributed by atoms with Gasteiger partial charge in [0.15, 0.2) is 0 Å². The van der Waals surface area contributed by atoms with Gasteiger partial charge in [-0.2, -0.15) is 0 Å². The minimum Gasteiger partial charge on any atom is -0.481 e. The highest BCUT2D eigenvalue weighted by Crippen LogP contribution is 2.18. The van der Waals surface area contributed by atoms with Crippen molar-refractivity contribution in [2.75, 3.05) is 6.61 Å².